The Balaban J connectivity index is 2.15. The van der Waals surface area contributed by atoms with Gasteiger partial charge in [0.25, 0.3) is 0 Å². The van der Waals surface area contributed by atoms with E-state index in [1.807, 2.05) is 6.07 Å². The minimum atomic E-state index is -0.319. The number of ether oxygens (including phenoxy) is 1. The van der Waals surface area contributed by atoms with Crippen molar-refractivity contribution in [3.8, 4) is 17.7 Å². The van der Waals surface area contributed by atoms with E-state index in [2.05, 4.69) is 4.98 Å². The van der Waals surface area contributed by atoms with Crippen LogP contribution in [0.3, 0.4) is 0 Å². The number of nitriles is 1. The summed E-state index contributed by atoms with van der Waals surface area (Å²) in [6, 6.07) is 10.8. The van der Waals surface area contributed by atoms with E-state index in [1.54, 1.807) is 12.1 Å². The normalized spacial score (nSPS) is 9.50. The van der Waals surface area contributed by atoms with E-state index in [0.29, 0.717) is 17.2 Å². The predicted molar refractivity (Wildman–Crippen MR) is 55.4 cm³/mol. The number of aromatic nitrogens is 1. The van der Waals surface area contributed by atoms with E-state index in [-0.39, 0.29) is 5.82 Å². The van der Waals surface area contributed by atoms with E-state index >= 15 is 0 Å². The maximum Gasteiger partial charge on any atom is 0.219 e. The van der Waals surface area contributed by atoms with Crippen molar-refractivity contribution in [3.63, 3.8) is 0 Å². The topological polar surface area (TPSA) is 45.9 Å². The molecule has 0 fully saturated rings. The summed E-state index contributed by atoms with van der Waals surface area (Å²) in [6.45, 7) is 0. The molecule has 1 aromatic heterocycles. The minimum absolute atomic E-state index is 0.319. The standard InChI is InChI=1S/C12H7FN2O/c13-10-2-4-11(5-3-10)16-12-6-1-9(7-14)8-15-12/h1-6,8H. The first-order valence-corrected chi connectivity index (χ1v) is 4.57. The Morgan fingerprint density at radius 1 is 1.12 bits per heavy atom. The lowest BCUT2D eigenvalue weighted by Gasteiger charge is -2.03. The van der Waals surface area contributed by atoms with E-state index in [0.717, 1.165) is 0 Å². The van der Waals surface area contributed by atoms with Crippen LogP contribution in [0.15, 0.2) is 42.6 Å². The second-order valence-electron chi connectivity index (χ2n) is 3.05. The molecule has 2 aromatic rings. The van der Waals surface area contributed by atoms with Crippen LogP contribution < -0.4 is 4.74 Å². The summed E-state index contributed by atoms with van der Waals surface area (Å²) >= 11 is 0. The summed E-state index contributed by atoms with van der Waals surface area (Å²) in [5, 5.41) is 8.58. The lowest BCUT2D eigenvalue weighted by atomic mass is 10.3. The van der Waals surface area contributed by atoms with Crippen LogP contribution in [0.25, 0.3) is 0 Å². The highest BCUT2D eigenvalue weighted by Crippen LogP contribution is 2.19. The van der Waals surface area contributed by atoms with Gasteiger partial charge in [0.2, 0.25) is 5.88 Å². The lowest BCUT2D eigenvalue weighted by molar-refractivity contribution is 0.461. The number of rotatable bonds is 2. The van der Waals surface area contributed by atoms with Gasteiger partial charge < -0.3 is 4.74 Å². The van der Waals surface area contributed by atoms with Gasteiger partial charge in [-0.2, -0.15) is 5.26 Å². The molecule has 0 aliphatic heterocycles. The molecule has 2 rings (SSSR count). The number of hydrogen-bond donors (Lipinski definition) is 0. The number of nitrogens with zero attached hydrogens (tertiary/aromatic N) is 2. The van der Waals surface area contributed by atoms with Gasteiger partial charge in [0.1, 0.15) is 17.6 Å². The van der Waals surface area contributed by atoms with Crippen molar-refractivity contribution in [2.24, 2.45) is 0 Å². The molecule has 0 saturated heterocycles. The van der Waals surface area contributed by atoms with Crippen molar-refractivity contribution in [1.82, 2.24) is 4.98 Å². The van der Waals surface area contributed by atoms with Crippen molar-refractivity contribution in [3.05, 3.63) is 54.0 Å². The van der Waals surface area contributed by atoms with Crippen LogP contribution >= 0.6 is 0 Å². The molecule has 0 saturated carbocycles. The van der Waals surface area contributed by atoms with Gasteiger partial charge in [-0.1, -0.05) is 0 Å². The average molecular weight is 214 g/mol. The second kappa shape index (κ2) is 4.41. The molecule has 0 unspecified atom stereocenters. The van der Waals surface area contributed by atoms with Crippen LogP contribution in [-0.4, -0.2) is 4.98 Å². The summed E-state index contributed by atoms with van der Waals surface area (Å²) < 4.78 is 18.0. The van der Waals surface area contributed by atoms with Crippen molar-refractivity contribution in [1.29, 1.82) is 5.26 Å². The molecule has 1 aromatic carbocycles. The Morgan fingerprint density at radius 2 is 1.88 bits per heavy atom. The Kier molecular flexibility index (Phi) is 2.79. The first-order chi connectivity index (χ1) is 7.78. The molecule has 0 aliphatic rings. The van der Waals surface area contributed by atoms with E-state index in [9.17, 15) is 4.39 Å². The highest BCUT2D eigenvalue weighted by atomic mass is 19.1. The quantitative estimate of drug-likeness (QED) is 0.772. The fourth-order valence-electron chi connectivity index (χ4n) is 1.13. The third kappa shape index (κ3) is 2.34. The van der Waals surface area contributed by atoms with Gasteiger partial charge >= 0.3 is 0 Å². The largest absolute Gasteiger partial charge is 0.439 e. The Hall–Kier alpha value is -2.41. The van der Waals surface area contributed by atoms with Crippen LogP contribution in [0.5, 0.6) is 11.6 Å². The molecular weight excluding hydrogens is 207 g/mol. The summed E-state index contributed by atoms with van der Waals surface area (Å²) in [6.07, 6.45) is 1.42. The smallest absolute Gasteiger partial charge is 0.219 e. The average Bonchev–Trinajstić information content (AvgIpc) is 2.33. The van der Waals surface area contributed by atoms with E-state index in [1.165, 1.54) is 30.5 Å². The van der Waals surface area contributed by atoms with Crippen LogP contribution in [0.1, 0.15) is 5.56 Å². The first kappa shape index (κ1) is 10.1. The zero-order valence-electron chi connectivity index (χ0n) is 8.22. The monoisotopic (exact) mass is 214 g/mol. The Morgan fingerprint density at radius 3 is 2.44 bits per heavy atom. The summed E-state index contributed by atoms with van der Waals surface area (Å²) in [5.74, 6) is 0.546. The first-order valence-electron chi connectivity index (χ1n) is 4.57. The van der Waals surface area contributed by atoms with Crippen LogP contribution in [0.4, 0.5) is 4.39 Å². The lowest BCUT2D eigenvalue weighted by Crippen LogP contribution is -1.88. The Bertz CT molecular complexity index is 514. The van der Waals surface area contributed by atoms with Gasteiger partial charge in [-0.25, -0.2) is 9.37 Å². The Labute approximate surface area is 91.7 Å². The van der Waals surface area contributed by atoms with Crippen LogP contribution in [0, 0.1) is 17.1 Å². The molecule has 0 N–H and O–H groups in total. The highest BCUT2D eigenvalue weighted by Gasteiger charge is 1.99. The molecule has 0 aliphatic carbocycles. The number of pyridine rings is 1. The fraction of sp³-hybridized carbons (Fsp3) is 0. The summed E-state index contributed by atoms with van der Waals surface area (Å²) in [7, 11) is 0. The number of halogens is 1. The second-order valence-corrected chi connectivity index (χ2v) is 3.05. The van der Waals surface area contributed by atoms with Gasteiger partial charge in [0.15, 0.2) is 0 Å². The van der Waals surface area contributed by atoms with Crippen molar-refractivity contribution >= 4 is 0 Å². The molecule has 0 atom stereocenters. The van der Waals surface area contributed by atoms with Gasteiger partial charge in [0.05, 0.1) is 5.56 Å². The molecule has 16 heavy (non-hydrogen) atoms. The highest BCUT2D eigenvalue weighted by molar-refractivity contribution is 5.31. The predicted octanol–water partition coefficient (Wildman–Crippen LogP) is 2.88. The van der Waals surface area contributed by atoms with E-state index in [4.69, 9.17) is 10.00 Å². The zero-order valence-corrected chi connectivity index (χ0v) is 8.22. The molecule has 4 heteroatoms. The summed E-state index contributed by atoms with van der Waals surface area (Å²) in [4.78, 5) is 3.93. The number of benzene rings is 1. The maximum absolute atomic E-state index is 12.6. The van der Waals surface area contributed by atoms with Crippen LogP contribution in [-0.2, 0) is 0 Å². The van der Waals surface area contributed by atoms with Crippen molar-refractivity contribution in [2.75, 3.05) is 0 Å². The zero-order chi connectivity index (χ0) is 11.4. The van der Waals surface area contributed by atoms with Gasteiger partial charge in [-0.3, -0.25) is 0 Å². The SMILES string of the molecule is N#Cc1ccc(Oc2ccc(F)cc2)nc1. The number of hydrogen-bond acceptors (Lipinski definition) is 3. The third-order valence-electron chi connectivity index (χ3n) is 1.90. The van der Waals surface area contributed by atoms with Crippen molar-refractivity contribution < 1.29 is 9.13 Å². The third-order valence-corrected chi connectivity index (χ3v) is 1.90. The summed E-state index contributed by atoms with van der Waals surface area (Å²) in [5.41, 5.74) is 0.464. The molecule has 0 bridgehead atoms. The van der Waals surface area contributed by atoms with Gasteiger partial charge in [-0.05, 0) is 30.3 Å². The maximum atomic E-state index is 12.6. The van der Waals surface area contributed by atoms with Gasteiger partial charge in [-0.15, -0.1) is 0 Å². The minimum Gasteiger partial charge on any atom is -0.439 e. The molecule has 0 radical (unpaired) electrons. The van der Waals surface area contributed by atoms with Crippen LogP contribution in [0.2, 0.25) is 0 Å². The van der Waals surface area contributed by atoms with E-state index < -0.39 is 0 Å². The molecule has 0 amide bonds. The van der Waals surface area contributed by atoms with Crippen molar-refractivity contribution in [2.45, 2.75) is 0 Å². The molecular formula is C12H7FN2O. The molecule has 1 heterocycles. The van der Waals surface area contributed by atoms with Gasteiger partial charge in [0, 0.05) is 12.3 Å². The molecule has 0 spiro atoms. The molecule has 78 valence electrons. The molecule has 3 nitrogen and oxygen atoms in total. The fourth-order valence-corrected chi connectivity index (χ4v) is 1.13.